The van der Waals surface area contributed by atoms with E-state index in [-0.39, 0.29) is 19.8 Å². The molecule has 0 saturated carbocycles. The van der Waals surface area contributed by atoms with Gasteiger partial charge in [0, 0.05) is 0 Å². The summed E-state index contributed by atoms with van der Waals surface area (Å²) in [6.45, 7) is 1.75. The molecule has 0 radical (unpaired) electrons. The summed E-state index contributed by atoms with van der Waals surface area (Å²) in [5.41, 5.74) is 0. The number of ether oxygens (including phenoxy) is 2. The summed E-state index contributed by atoms with van der Waals surface area (Å²) in [5.74, 6) is 0. The standard InChI is InChI=1S/C5H10O3.C2H6O2/c6-1-2-7-3-5-4-8-5;3-1-2-4/h5-6H,1-4H2;3-4H,1-2H2. The Morgan fingerprint density at radius 2 is 1.75 bits per heavy atom. The van der Waals surface area contributed by atoms with E-state index >= 15 is 0 Å². The predicted octanol–water partition coefficient (Wildman–Crippen LogP) is -1.63. The Bertz CT molecular complexity index is 81.9. The smallest absolute Gasteiger partial charge is 0.104 e. The van der Waals surface area contributed by atoms with Gasteiger partial charge in [0.1, 0.15) is 6.10 Å². The maximum atomic E-state index is 8.23. The summed E-state index contributed by atoms with van der Waals surface area (Å²) in [5, 5.41) is 23.5. The second-order valence-corrected chi connectivity index (χ2v) is 2.20. The van der Waals surface area contributed by atoms with E-state index in [0.717, 1.165) is 6.61 Å². The van der Waals surface area contributed by atoms with Crippen LogP contribution < -0.4 is 0 Å². The molecule has 1 atom stereocenters. The first kappa shape index (κ1) is 11.8. The number of hydrogen-bond acceptors (Lipinski definition) is 5. The molecular formula is C7H16O5. The number of epoxide rings is 1. The van der Waals surface area contributed by atoms with Crippen molar-refractivity contribution in [1.82, 2.24) is 0 Å². The quantitative estimate of drug-likeness (QED) is 0.349. The SMILES string of the molecule is OCCO.OCCOCC1CO1. The van der Waals surface area contributed by atoms with Gasteiger partial charge < -0.3 is 24.8 Å². The summed E-state index contributed by atoms with van der Waals surface area (Å²) in [6.07, 6.45) is 0.321. The zero-order valence-electron chi connectivity index (χ0n) is 6.98. The van der Waals surface area contributed by atoms with Gasteiger partial charge in [-0.15, -0.1) is 0 Å². The predicted molar refractivity (Wildman–Crippen MR) is 41.8 cm³/mol. The number of aliphatic hydroxyl groups excluding tert-OH is 3. The van der Waals surface area contributed by atoms with Crippen molar-refractivity contribution in [1.29, 1.82) is 0 Å². The third-order valence-electron chi connectivity index (χ3n) is 1.04. The summed E-state index contributed by atoms with van der Waals surface area (Å²) < 4.78 is 9.78. The molecule has 0 aliphatic carbocycles. The average Bonchev–Trinajstić information content (AvgIpc) is 2.89. The second-order valence-electron chi connectivity index (χ2n) is 2.20. The second kappa shape index (κ2) is 8.89. The van der Waals surface area contributed by atoms with Crippen LogP contribution in [0.5, 0.6) is 0 Å². The molecule has 5 nitrogen and oxygen atoms in total. The Balaban J connectivity index is 0.000000261. The molecule has 5 heteroatoms. The van der Waals surface area contributed by atoms with E-state index in [1.807, 2.05) is 0 Å². The molecule has 1 unspecified atom stereocenters. The van der Waals surface area contributed by atoms with Crippen molar-refractivity contribution >= 4 is 0 Å². The Morgan fingerprint density at radius 3 is 2.08 bits per heavy atom. The fourth-order valence-corrected chi connectivity index (χ4v) is 0.444. The fraction of sp³-hybridized carbons (Fsp3) is 1.00. The van der Waals surface area contributed by atoms with Crippen molar-refractivity contribution in [2.75, 3.05) is 39.6 Å². The van der Waals surface area contributed by atoms with Crippen LogP contribution in [-0.4, -0.2) is 61.1 Å². The molecule has 0 aromatic rings. The third kappa shape index (κ3) is 9.80. The van der Waals surface area contributed by atoms with Crippen LogP contribution in [0.25, 0.3) is 0 Å². The van der Waals surface area contributed by atoms with Gasteiger partial charge >= 0.3 is 0 Å². The van der Waals surface area contributed by atoms with E-state index in [1.165, 1.54) is 0 Å². The Morgan fingerprint density at radius 1 is 1.17 bits per heavy atom. The fourth-order valence-electron chi connectivity index (χ4n) is 0.444. The van der Waals surface area contributed by atoms with Crippen LogP contribution in [0.3, 0.4) is 0 Å². The van der Waals surface area contributed by atoms with Gasteiger partial charge in [-0.2, -0.15) is 0 Å². The lowest BCUT2D eigenvalue weighted by Gasteiger charge is -1.95. The lowest BCUT2D eigenvalue weighted by atomic mass is 10.5. The Labute approximate surface area is 71.5 Å². The normalized spacial score (nSPS) is 19.8. The minimum absolute atomic E-state index is 0.104. The van der Waals surface area contributed by atoms with Crippen molar-refractivity contribution in [3.8, 4) is 0 Å². The van der Waals surface area contributed by atoms with E-state index in [4.69, 9.17) is 24.8 Å². The largest absolute Gasteiger partial charge is 0.394 e. The molecule has 1 aliphatic heterocycles. The molecule has 0 aromatic heterocycles. The Kier molecular flexibility index (Phi) is 8.74. The van der Waals surface area contributed by atoms with Crippen LogP contribution in [0, 0.1) is 0 Å². The Hall–Kier alpha value is -0.200. The molecule has 0 amide bonds. The molecule has 3 N–H and O–H groups in total. The third-order valence-corrected chi connectivity index (χ3v) is 1.04. The molecule has 1 fully saturated rings. The van der Waals surface area contributed by atoms with E-state index in [9.17, 15) is 0 Å². The molecule has 74 valence electrons. The van der Waals surface area contributed by atoms with Gasteiger partial charge in [-0.3, -0.25) is 0 Å². The van der Waals surface area contributed by atoms with E-state index in [0.29, 0.717) is 19.3 Å². The highest BCUT2D eigenvalue weighted by Crippen LogP contribution is 2.07. The van der Waals surface area contributed by atoms with Gasteiger partial charge in [0.15, 0.2) is 0 Å². The van der Waals surface area contributed by atoms with Crippen LogP contribution >= 0.6 is 0 Å². The molecule has 1 saturated heterocycles. The number of aliphatic hydroxyl groups is 3. The minimum Gasteiger partial charge on any atom is -0.394 e. The van der Waals surface area contributed by atoms with E-state index in [1.54, 1.807) is 0 Å². The lowest BCUT2D eigenvalue weighted by Crippen LogP contribution is -2.04. The highest BCUT2D eigenvalue weighted by Gasteiger charge is 2.21. The average molecular weight is 180 g/mol. The molecular weight excluding hydrogens is 164 g/mol. The zero-order chi connectivity index (χ0) is 9.23. The molecule has 1 aliphatic rings. The molecule has 0 spiro atoms. The van der Waals surface area contributed by atoms with Crippen LogP contribution in [0.15, 0.2) is 0 Å². The summed E-state index contributed by atoms with van der Waals surface area (Å²) in [6, 6.07) is 0. The molecule has 0 aromatic carbocycles. The zero-order valence-corrected chi connectivity index (χ0v) is 6.98. The van der Waals surface area contributed by atoms with Gasteiger partial charge in [-0.25, -0.2) is 0 Å². The summed E-state index contributed by atoms with van der Waals surface area (Å²) in [4.78, 5) is 0. The maximum absolute atomic E-state index is 8.23. The number of rotatable bonds is 5. The van der Waals surface area contributed by atoms with Gasteiger partial charge in [0.25, 0.3) is 0 Å². The van der Waals surface area contributed by atoms with Gasteiger partial charge in [0.2, 0.25) is 0 Å². The van der Waals surface area contributed by atoms with Crippen molar-refractivity contribution in [2.24, 2.45) is 0 Å². The first-order chi connectivity index (χ1) is 5.85. The summed E-state index contributed by atoms with van der Waals surface area (Å²) >= 11 is 0. The minimum atomic E-state index is -0.125. The van der Waals surface area contributed by atoms with Gasteiger partial charge in [-0.1, -0.05) is 0 Å². The van der Waals surface area contributed by atoms with Crippen LogP contribution in [0.1, 0.15) is 0 Å². The van der Waals surface area contributed by atoms with Crippen LogP contribution in [0.2, 0.25) is 0 Å². The first-order valence-corrected chi connectivity index (χ1v) is 3.87. The van der Waals surface area contributed by atoms with Crippen molar-refractivity contribution in [2.45, 2.75) is 6.10 Å². The van der Waals surface area contributed by atoms with Crippen LogP contribution in [0.4, 0.5) is 0 Å². The van der Waals surface area contributed by atoms with Crippen molar-refractivity contribution < 1.29 is 24.8 Å². The van der Waals surface area contributed by atoms with E-state index in [2.05, 4.69) is 0 Å². The van der Waals surface area contributed by atoms with Crippen LogP contribution in [-0.2, 0) is 9.47 Å². The maximum Gasteiger partial charge on any atom is 0.104 e. The lowest BCUT2D eigenvalue weighted by molar-refractivity contribution is 0.0810. The molecule has 0 bridgehead atoms. The first-order valence-electron chi connectivity index (χ1n) is 3.87. The molecule has 1 heterocycles. The number of hydrogen-bond donors (Lipinski definition) is 3. The highest BCUT2D eigenvalue weighted by molar-refractivity contribution is 4.66. The highest BCUT2D eigenvalue weighted by atomic mass is 16.6. The van der Waals surface area contributed by atoms with Gasteiger partial charge in [-0.05, 0) is 0 Å². The summed E-state index contributed by atoms with van der Waals surface area (Å²) in [7, 11) is 0. The van der Waals surface area contributed by atoms with Gasteiger partial charge in [0.05, 0.1) is 39.6 Å². The monoisotopic (exact) mass is 180 g/mol. The molecule has 12 heavy (non-hydrogen) atoms. The molecule has 1 rings (SSSR count). The van der Waals surface area contributed by atoms with Crippen molar-refractivity contribution in [3.63, 3.8) is 0 Å². The van der Waals surface area contributed by atoms with Crippen molar-refractivity contribution in [3.05, 3.63) is 0 Å². The topological polar surface area (TPSA) is 82.5 Å². The van der Waals surface area contributed by atoms with E-state index < -0.39 is 0 Å².